The number of aromatic nitrogens is 1. The standard InChI is InChI=1S/C29H29N3S/c1-33-28-18-17-27(23-30-28)31-19-21-32(22-20-31)29(24-11-5-2-6-12-24,25-13-7-3-8-14-25)26-15-9-4-10-16-26/h2-18,23H,19-22H2,1H3. The average molecular weight is 452 g/mol. The summed E-state index contributed by atoms with van der Waals surface area (Å²) >= 11 is 1.68. The van der Waals surface area contributed by atoms with Gasteiger partial charge in [0.2, 0.25) is 0 Å². The summed E-state index contributed by atoms with van der Waals surface area (Å²) < 4.78 is 0. The largest absolute Gasteiger partial charge is 0.368 e. The molecule has 4 heteroatoms. The number of rotatable bonds is 6. The van der Waals surface area contributed by atoms with E-state index in [-0.39, 0.29) is 5.54 Å². The Balaban J connectivity index is 1.55. The van der Waals surface area contributed by atoms with E-state index >= 15 is 0 Å². The van der Waals surface area contributed by atoms with Crippen LogP contribution >= 0.6 is 11.8 Å². The first-order valence-corrected chi connectivity index (χ1v) is 12.7. The van der Waals surface area contributed by atoms with E-state index in [4.69, 9.17) is 0 Å². The van der Waals surface area contributed by atoms with E-state index < -0.39 is 0 Å². The zero-order valence-corrected chi connectivity index (χ0v) is 19.8. The lowest BCUT2D eigenvalue weighted by Crippen LogP contribution is -2.56. The Labute approximate surface area is 201 Å². The lowest BCUT2D eigenvalue weighted by Gasteiger charge is -2.49. The summed E-state index contributed by atoms with van der Waals surface area (Å²) in [5.41, 5.74) is 4.79. The quantitative estimate of drug-likeness (QED) is 0.268. The van der Waals surface area contributed by atoms with Crippen molar-refractivity contribution in [1.82, 2.24) is 9.88 Å². The lowest BCUT2D eigenvalue weighted by atomic mass is 9.75. The summed E-state index contributed by atoms with van der Waals surface area (Å²) in [6, 6.07) is 37.2. The molecule has 0 saturated carbocycles. The van der Waals surface area contributed by atoms with Gasteiger partial charge in [0.25, 0.3) is 0 Å². The molecule has 0 aliphatic carbocycles. The van der Waals surface area contributed by atoms with Crippen molar-refractivity contribution in [3.05, 3.63) is 126 Å². The van der Waals surface area contributed by atoms with Crippen LogP contribution in [-0.4, -0.2) is 42.3 Å². The predicted octanol–water partition coefficient (Wildman–Crippen LogP) is 5.92. The maximum atomic E-state index is 4.59. The molecular formula is C29H29N3S. The fourth-order valence-corrected chi connectivity index (χ4v) is 5.43. The second-order valence-electron chi connectivity index (χ2n) is 8.34. The van der Waals surface area contributed by atoms with Crippen LogP contribution in [0.25, 0.3) is 0 Å². The summed E-state index contributed by atoms with van der Waals surface area (Å²) in [6.45, 7) is 3.86. The number of benzene rings is 3. The molecule has 166 valence electrons. The van der Waals surface area contributed by atoms with Crippen molar-refractivity contribution < 1.29 is 0 Å². The van der Waals surface area contributed by atoms with Gasteiger partial charge in [-0.05, 0) is 35.1 Å². The summed E-state index contributed by atoms with van der Waals surface area (Å²) in [5.74, 6) is 0. The highest BCUT2D eigenvalue weighted by molar-refractivity contribution is 7.98. The van der Waals surface area contributed by atoms with Crippen molar-refractivity contribution in [3.8, 4) is 0 Å². The Kier molecular flexibility index (Phi) is 6.47. The minimum Gasteiger partial charge on any atom is -0.368 e. The minimum absolute atomic E-state index is 0.336. The number of anilines is 1. The summed E-state index contributed by atoms with van der Waals surface area (Å²) in [4.78, 5) is 9.71. The third-order valence-corrected chi connectivity index (χ3v) is 7.28. The predicted molar refractivity (Wildman–Crippen MR) is 139 cm³/mol. The van der Waals surface area contributed by atoms with Gasteiger partial charge in [0.1, 0.15) is 0 Å². The van der Waals surface area contributed by atoms with Gasteiger partial charge in [0.05, 0.1) is 22.4 Å². The van der Waals surface area contributed by atoms with Crippen LogP contribution in [0, 0.1) is 0 Å². The average Bonchev–Trinajstić information content (AvgIpc) is 2.91. The van der Waals surface area contributed by atoms with E-state index in [2.05, 4.69) is 124 Å². The molecule has 1 fully saturated rings. The normalized spacial score (nSPS) is 14.9. The van der Waals surface area contributed by atoms with Gasteiger partial charge in [-0.15, -0.1) is 11.8 Å². The number of piperazine rings is 1. The smallest absolute Gasteiger partial charge is 0.0974 e. The van der Waals surface area contributed by atoms with Crippen LogP contribution in [0.1, 0.15) is 16.7 Å². The van der Waals surface area contributed by atoms with Gasteiger partial charge in [-0.3, -0.25) is 4.90 Å². The van der Waals surface area contributed by atoms with E-state index in [1.165, 1.54) is 22.4 Å². The second-order valence-corrected chi connectivity index (χ2v) is 9.17. The number of nitrogens with zero attached hydrogens (tertiary/aromatic N) is 3. The Morgan fingerprint density at radius 2 is 1.12 bits per heavy atom. The molecule has 1 saturated heterocycles. The van der Waals surface area contributed by atoms with Crippen molar-refractivity contribution in [2.45, 2.75) is 10.6 Å². The van der Waals surface area contributed by atoms with Crippen molar-refractivity contribution >= 4 is 17.4 Å². The fourth-order valence-electron chi connectivity index (χ4n) is 5.07. The summed E-state index contributed by atoms with van der Waals surface area (Å²) in [7, 11) is 0. The Morgan fingerprint density at radius 1 is 0.636 bits per heavy atom. The van der Waals surface area contributed by atoms with Gasteiger partial charge in [0, 0.05) is 26.2 Å². The summed E-state index contributed by atoms with van der Waals surface area (Å²) in [5, 5.41) is 1.06. The third-order valence-electron chi connectivity index (χ3n) is 6.62. The zero-order valence-electron chi connectivity index (χ0n) is 19.0. The van der Waals surface area contributed by atoms with Crippen molar-refractivity contribution in [2.24, 2.45) is 0 Å². The molecule has 0 bridgehead atoms. The van der Waals surface area contributed by atoms with Crippen molar-refractivity contribution in [2.75, 3.05) is 37.3 Å². The lowest BCUT2D eigenvalue weighted by molar-refractivity contribution is 0.147. The van der Waals surface area contributed by atoms with Crippen LogP contribution < -0.4 is 4.90 Å². The molecule has 3 nitrogen and oxygen atoms in total. The van der Waals surface area contributed by atoms with Gasteiger partial charge in [-0.2, -0.15) is 0 Å². The zero-order chi connectivity index (χ0) is 22.5. The first-order valence-electron chi connectivity index (χ1n) is 11.5. The van der Waals surface area contributed by atoms with Crippen LogP contribution in [0.15, 0.2) is 114 Å². The molecule has 33 heavy (non-hydrogen) atoms. The van der Waals surface area contributed by atoms with Gasteiger partial charge in [0.15, 0.2) is 0 Å². The third kappa shape index (κ3) is 4.17. The first kappa shape index (κ1) is 21.7. The topological polar surface area (TPSA) is 19.4 Å². The van der Waals surface area contributed by atoms with Crippen LogP contribution in [0.5, 0.6) is 0 Å². The van der Waals surface area contributed by atoms with E-state index in [9.17, 15) is 0 Å². The van der Waals surface area contributed by atoms with Gasteiger partial charge >= 0.3 is 0 Å². The van der Waals surface area contributed by atoms with E-state index in [1.807, 2.05) is 6.20 Å². The van der Waals surface area contributed by atoms with Crippen LogP contribution in [0.3, 0.4) is 0 Å². The number of thioether (sulfide) groups is 1. The highest BCUT2D eigenvalue weighted by Crippen LogP contribution is 2.43. The van der Waals surface area contributed by atoms with Gasteiger partial charge in [-0.1, -0.05) is 91.0 Å². The second kappa shape index (κ2) is 9.82. The Hall–Kier alpha value is -3.08. The van der Waals surface area contributed by atoms with Crippen LogP contribution in [0.2, 0.25) is 0 Å². The van der Waals surface area contributed by atoms with E-state index in [1.54, 1.807) is 11.8 Å². The molecule has 1 aliphatic heterocycles. The van der Waals surface area contributed by atoms with E-state index in [0.29, 0.717) is 0 Å². The van der Waals surface area contributed by atoms with E-state index in [0.717, 1.165) is 31.2 Å². The number of hydrogen-bond donors (Lipinski definition) is 0. The SMILES string of the molecule is CSc1ccc(N2CCN(C(c3ccccc3)(c3ccccc3)c3ccccc3)CC2)cn1. The van der Waals surface area contributed by atoms with Crippen LogP contribution in [0.4, 0.5) is 5.69 Å². The monoisotopic (exact) mass is 451 g/mol. The molecule has 0 radical (unpaired) electrons. The molecule has 4 aromatic rings. The molecule has 0 atom stereocenters. The van der Waals surface area contributed by atoms with Crippen molar-refractivity contribution in [1.29, 1.82) is 0 Å². The number of pyridine rings is 1. The van der Waals surface area contributed by atoms with Gasteiger partial charge < -0.3 is 4.90 Å². The molecule has 1 aromatic heterocycles. The molecule has 0 spiro atoms. The minimum atomic E-state index is -0.336. The Bertz CT molecular complexity index is 1040. The summed E-state index contributed by atoms with van der Waals surface area (Å²) in [6.07, 6.45) is 4.08. The van der Waals surface area contributed by atoms with Crippen LogP contribution in [-0.2, 0) is 5.54 Å². The maximum absolute atomic E-state index is 4.59. The molecule has 0 unspecified atom stereocenters. The molecule has 3 aromatic carbocycles. The Morgan fingerprint density at radius 3 is 1.52 bits per heavy atom. The molecule has 0 amide bonds. The maximum Gasteiger partial charge on any atom is 0.0974 e. The molecule has 0 N–H and O–H groups in total. The molecule has 1 aliphatic rings. The molecule has 5 rings (SSSR count). The van der Waals surface area contributed by atoms with Crippen molar-refractivity contribution in [3.63, 3.8) is 0 Å². The molecular weight excluding hydrogens is 422 g/mol. The molecule has 2 heterocycles. The van der Waals surface area contributed by atoms with Gasteiger partial charge in [-0.25, -0.2) is 4.98 Å². The fraction of sp³-hybridized carbons (Fsp3) is 0.207. The highest BCUT2D eigenvalue weighted by Gasteiger charge is 2.43. The number of hydrogen-bond acceptors (Lipinski definition) is 4. The highest BCUT2D eigenvalue weighted by atomic mass is 32.2. The first-order chi connectivity index (χ1) is 16.3.